The van der Waals surface area contributed by atoms with Gasteiger partial charge in [0.1, 0.15) is 0 Å². The van der Waals surface area contributed by atoms with E-state index in [0.29, 0.717) is 5.88 Å². The molecule has 2 rings (SSSR count). The van der Waals surface area contributed by atoms with E-state index in [1.807, 2.05) is 31.2 Å². The average molecular weight is 269 g/mol. The van der Waals surface area contributed by atoms with Gasteiger partial charge in [-0.05, 0) is 16.8 Å². The average Bonchev–Trinajstić information content (AvgIpc) is 2.65. The van der Waals surface area contributed by atoms with Gasteiger partial charge in [-0.2, -0.15) is 0 Å². The van der Waals surface area contributed by atoms with Crippen LogP contribution in [0, 0.1) is 0 Å². The van der Waals surface area contributed by atoms with Gasteiger partial charge in [0.25, 0.3) is 12.1 Å². The van der Waals surface area contributed by atoms with Gasteiger partial charge in [0.05, 0.1) is 0 Å². The van der Waals surface area contributed by atoms with E-state index in [2.05, 4.69) is 21.2 Å². The number of anilines is 1. The largest absolute Gasteiger partial charge is 0.362 e. The molecule has 78 valence electrons. The number of hydrogen-bond acceptors (Lipinski definition) is 3. The van der Waals surface area contributed by atoms with E-state index in [-0.39, 0.29) is 6.04 Å². The first kappa shape index (κ1) is 10.2. The van der Waals surface area contributed by atoms with Gasteiger partial charge >= 0.3 is 0 Å². The molecule has 2 aromatic rings. The van der Waals surface area contributed by atoms with Crippen molar-refractivity contribution in [2.45, 2.75) is 13.0 Å². The standard InChI is InChI=1S/C10H11BrN3O/c1-7(14-6-10(12)15-13-14)8-2-4-9(11)5-3-8/h2-7H,12H2,1H3/q+1/t7-/m1/s1. The maximum Gasteiger partial charge on any atom is 0.293 e. The summed E-state index contributed by atoms with van der Waals surface area (Å²) in [4.78, 5) is 0. The molecule has 1 heterocycles. The SMILES string of the molecule is C[C@H](c1ccc(Br)cc1)[n+]1cc(N)on1. The van der Waals surface area contributed by atoms with Crippen LogP contribution in [-0.4, -0.2) is 5.27 Å². The summed E-state index contributed by atoms with van der Waals surface area (Å²) < 4.78 is 7.56. The molecule has 15 heavy (non-hydrogen) atoms. The highest BCUT2D eigenvalue weighted by atomic mass is 79.9. The predicted molar refractivity (Wildman–Crippen MR) is 59.1 cm³/mol. The van der Waals surface area contributed by atoms with E-state index < -0.39 is 0 Å². The van der Waals surface area contributed by atoms with E-state index in [1.165, 1.54) is 0 Å². The first-order valence-electron chi connectivity index (χ1n) is 4.56. The number of nitrogen functional groups attached to an aromatic ring is 1. The molecule has 0 aliphatic rings. The number of nitrogens with two attached hydrogens (primary N) is 1. The van der Waals surface area contributed by atoms with Crippen LogP contribution in [0.5, 0.6) is 0 Å². The van der Waals surface area contributed by atoms with Crippen LogP contribution in [0.2, 0.25) is 0 Å². The van der Waals surface area contributed by atoms with Crippen LogP contribution >= 0.6 is 15.9 Å². The Morgan fingerprint density at radius 3 is 2.60 bits per heavy atom. The van der Waals surface area contributed by atoms with Gasteiger partial charge < -0.3 is 5.73 Å². The van der Waals surface area contributed by atoms with Crippen LogP contribution in [0.25, 0.3) is 0 Å². The summed E-state index contributed by atoms with van der Waals surface area (Å²) in [7, 11) is 0. The Hall–Kier alpha value is -1.36. The van der Waals surface area contributed by atoms with Gasteiger partial charge in [0, 0.05) is 17.0 Å². The summed E-state index contributed by atoms with van der Waals surface area (Å²) in [5.74, 6) is 0.318. The highest BCUT2D eigenvalue weighted by Gasteiger charge is 2.19. The third-order valence-corrected chi connectivity index (χ3v) is 2.78. The minimum absolute atomic E-state index is 0.110. The number of rotatable bonds is 2. The fraction of sp³-hybridized carbons (Fsp3) is 0.200. The molecular formula is C10H11BrN3O+. The van der Waals surface area contributed by atoms with Crippen molar-refractivity contribution in [3.05, 3.63) is 40.5 Å². The van der Waals surface area contributed by atoms with Gasteiger partial charge in [0.2, 0.25) is 11.3 Å². The lowest BCUT2D eigenvalue weighted by Crippen LogP contribution is -2.39. The summed E-state index contributed by atoms with van der Waals surface area (Å²) in [6.45, 7) is 2.03. The van der Waals surface area contributed by atoms with Crippen LogP contribution in [0.1, 0.15) is 18.5 Å². The molecular weight excluding hydrogens is 258 g/mol. The topological polar surface area (TPSA) is 55.9 Å². The molecule has 0 saturated heterocycles. The van der Waals surface area contributed by atoms with E-state index in [0.717, 1.165) is 10.0 Å². The molecule has 0 amide bonds. The van der Waals surface area contributed by atoms with Crippen molar-refractivity contribution in [2.24, 2.45) is 0 Å². The lowest BCUT2D eigenvalue weighted by atomic mass is 10.1. The van der Waals surface area contributed by atoms with Crippen molar-refractivity contribution in [2.75, 3.05) is 5.73 Å². The second kappa shape index (κ2) is 4.02. The predicted octanol–water partition coefficient (Wildman–Crippen LogP) is 1.92. The minimum atomic E-state index is 0.110. The van der Waals surface area contributed by atoms with E-state index in [4.69, 9.17) is 10.3 Å². The number of nitrogens with zero attached hydrogens (tertiary/aromatic N) is 2. The minimum Gasteiger partial charge on any atom is -0.362 e. The van der Waals surface area contributed by atoms with E-state index >= 15 is 0 Å². The zero-order valence-electron chi connectivity index (χ0n) is 8.22. The molecule has 0 fully saturated rings. The molecule has 0 spiro atoms. The molecule has 0 radical (unpaired) electrons. The highest BCUT2D eigenvalue weighted by molar-refractivity contribution is 9.10. The second-order valence-electron chi connectivity index (χ2n) is 3.31. The summed E-state index contributed by atoms with van der Waals surface area (Å²) in [6.07, 6.45) is 1.67. The third-order valence-electron chi connectivity index (χ3n) is 2.25. The van der Waals surface area contributed by atoms with Crippen molar-refractivity contribution in [3.8, 4) is 0 Å². The molecule has 0 aliphatic heterocycles. The first-order valence-corrected chi connectivity index (χ1v) is 5.35. The molecule has 1 aromatic heterocycles. The summed E-state index contributed by atoms with van der Waals surface area (Å²) in [5, 5.41) is 3.82. The summed E-state index contributed by atoms with van der Waals surface area (Å²) in [5.41, 5.74) is 6.61. The van der Waals surface area contributed by atoms with Crippen molar-refractivity contribution in [1.29, 1.82) is 0 Å². The maximum atomic E-state index is 5.46. The highest BCUT2D eigenvalue weighted by Crippen LogP contribution is 2.16. The monoisotopic (exact) mass is 268 g/mol. The van der Waals surface area contributed by atoms with E-state index in [1.54, 1.807) is 10.9 Å². The van der Waals surface area contributed by atoms with Crippen molar-refractivity contribution >= 4 is 21.8 Å². The Balaban J connectivity index is 2.28. The summed E-state index contributed by atoms with van der Waals surface area (Å²) in [6, 6.07) is 8.17. The Kier molecular flexibility index (Phi) is 2.73. The second-order valence-corrected chi connectivity index (χ2v) is 4.23. The number of aromatic nitrogens is 2. The van der Waals surface area contributed by atoms with Crippen molar-refractivity contribution in [3.63, 3.8) is 0 Å². The summed E-state index contributed by atoms with van der Waals surface area (Å²) >= 11 is 3.39. The normalized spacial score (nSPS) is 12.7. The van der Waals surface area contributed by atoms with Crippen LogP contribution in [0.3, 0.4) is 0 Å². The molecule has 0 bridgehead atoms. The zero-order valence-corrected chi connectivity index (χ0v) is 9.81. The quantitative estimate of drug-likeness (QED) is 0.847. The molecule has 0 saturated carbocycles. The Morgan fingerprint density at radius 1 is 1.40 bits per heavy atom. The van der Waals surface area contributed by atoms with Gasteiger partial charge in [-0.15, -0.1) is 0 Å². The van der Waals surface area contributed by atoms with Crippen LogP contribution in [0.15, 0.2) is 39.5 Å². The van der Waals surface area contributed by atoms with E-state index in [9.17, 15) is 0 Å². The van der Waals surface area contributed by atoms with Gasteiger partial charge in [-0.1, -0.05) is 28.1 Å². The Labute approximate surface area is 95.8 Å². The van der Waals surface area contributed by atoms with Gasteiger partial charge in [0.15, 0.2) is 0 Å². The number of halogens is 1. The molecule has 0 aliphatic carbocycles. The lowest BCUT2D eigenvalue weighted by Gasteiger charge is -2.01. The molecule has 1 aromatic carbocycles. The fourth-order valence-corrected chi connectivity index (χ4v) is 1.61. The van der Waals surface area contributed by atoms with Crippen molar-refractivity contribution in [1.82, 2.24) is 5.27 Å². The molecule has 4 nitrogen and oxygen atoms in total. The molecule has 5 heteroatoms. The van der Waals surface area contributed by atoms with Crippen molar-refractivity contribution < 1.29 is 9.20 Å². The van der Waals surface area contributed by atoms with Gasteiger partial charge in [-0.25, -0.2) is 0 Å². The maximum absolute atomic E-state index is 5.46. The molecule has 0 unspecified atom stereocenters. The Bertz CT molecular complexity index is 452. The zero-order chi connectivity index (χ0) is 10.8. The van der Waals surface area contributed by atoms with Gasteiger partial charge in [-0.3, -0.25) is 4.52 Å². The van der Waals surface area contributed by atoms with Crippen LogP contribution < -0.4 is 10.4 Å². The smallest absolute Gasteiger partial charge is 0.293 e. The van der Waals surface area contributed by atoms with Crippen LogP contribution in [0.4, 0.5) is 5.88 Å². The third kappa shape index (κ3) is 2.18. The molecule has 2 N–H and O–H groups in total. The number of benzene rings is 1. The molecule has 1 atom stereocenters. The first-order chi connectivity index (χ1) is 7.16. The number of hydrogen-bond donors (Lipinski definition) is 1. The Morgan fingerprint density at radius 2 is 2.07 bits per heavy atom. The van der Waals surface area contributed by atoms with Crippen LogP contribution in [-0.2, 0) is 0 Å². The fourth-order valence-electron chi connectivity index (χ4n) is 1.35. The lowest BCUT2D eigenvalue weighted by molar-refractivity contribution is -0.774.